The number of hydrogen-bond donors (Lipinski definition) is 2. The van der Waals surface area contributed by atoms with Gasteiger partial charge in [0.1, 0.15) is 11.8 Å². The minimum atomic E-state index is -5.80. The number of nitrogens with two attached hydrogens (primary N) is 1. The molecule has 96 valence electrons. The van der Waals surface area contributed by atoms with Crippen LogP contribution in [-0.2, 0) is 0 Å². The maximum Gasteiger partial charge on any atom is 0.455 e. The van der Waals surface area contributed by atoms with Crippen LogP contribution >= 0.6 is 11.6 Å². The smallest absolute Gasteiger partial charge is 0.455 e. The molecule has 0 aliphatic heterocycles. The highest BCUT2D eigenvalue weighted by Crippen LogP contribution is 2.45. The molecule has 0 bridgehead atoms. The van der Waals surface area contributed by atoms with Gasteiger partial charge in [0, 0.05) is 5.56 Å². The summed E-state index contributed by atoms with van der Waals surface area (Å²) in [6.07, 6.45) is -5.80. The average Bonchev–Trinajstić information content (AvgIpc) is 2.19. The van der Waals surface area contributed by atoms with Gasteiger partial charge >= 0.3 is 12.1 Å². The van der Waals surface area contributed by atoms with Gasteiger partial charge in [0.15, 0.2) is 0 Å². The van der Waals surface area contributed by atoms with E-state index in [0.717, 1.165) is 18.2 Å². The molecule has 1 aromatic rings. The number of para-hydroxylation sites is 1. The molecule has 0 fully saturated rings. The maximum atomic E-state index is 12.9. The number of aromatic hydroxyl groups is 1. The molecule has 0 amide bonds. The second kappa shape index (κ2) is 4.30. The fourth-order valence-corrected chi connectivity index (χ4v) is 1.34. The zero-order valence-corrected chi connectivity index (χ0v) is 8.86. The van der Waals surface area contributed by atoms with Crippen molar-refractivity contribution in [3.8, 4) is 5.75 Å². The fraction of sp³-hybridized carbons (Fsp3) is 0.333. The Balaban J connectivity index is 3.22. The van der Waals surface area contributed by atoms with Crippen molar-refractivity contribution >= 4 is 11.6 Å². The second-order valence-electron chi connectivity index (χ2n) is 3.28. The van der Waals surface area contributed by atoms with Crippen LogP contribution < -0.4 is 5.73 Å². The topological polar surface area (TPSA) is 46.2 Å². The van der Waals surface area contributed by atoms with Crippen molar-refractivity contribution in [2.24, 2.45) is 5.73 Å². The summed E-state index contributed by atoms with van der Waals surface area (Å²) in [4.78, 5) is 0. The van der Waals surface area contributed by atoms with Crippen molar-refractivity contribution in [1.82, 2.24) is 0 Å². The molecule has 1 aromatic carbocycles. The zero-order valence-electron chi connectivity index (χ0n) is 8.10. The van der Waals surface area contributed by atoms with Crippen LogP contribution in [0.3, 0.4) is 0 Å². The molecule has 0 spiro atoms. The number of hydrogen-bond acceptors (Lipinski definition) is 2. The van der Waals surface area contributed by atoms with Gasteiger partial charge in [-0.05, 0) is 6.07 Å². The molecule has 1 atom stereocenters. The third-order valence-corrected chi connectivity index (χ3v) is 2.43. The number of phenols is 1. The van der Waals surface area contributed by atoms with Crippen molar-refractivity contribution in [3.63, 3.8) is 0 Å². The summed E-state index contributed by atoms with van der Waals surface area (Å²) in [5.74, 6) is -6.04. The fourth-order valence-electron chi connectivity index (χ4n) is 1.15. The van der Waals surface area contributed by atoms with Crippen molar-refractivity contribution in [2.75, 3.05) is 0 Å². The molecule has 8 heteroatoms. The molecule has 0 saturated carbocycles. The first-order valence-corrected chi connectivity index (χ1v) is 4.64. The highest BCUT2D eigenvalue weighted by Gasteiger charge is 2.62. The summed E-state index contributed by atoms with van der Waals surface area (Å²) in [6, 6.07) is 0.384. The van der Waals surface area contributed by atoms with Crippen molar-refractivity contribution in [1.29, 1.82) is 0 Å². The van der Waals surface area contributed by atoms with E-state index in [9.17, 15) is 27.1 Å². The molecule has 0 aliphatic carbocycles. The number of halogens is 6. The Morgan fingerprint density at radius 1 is 1.18 bits per heavy atom. The third kappa shape index (κ3) is 2.44. The molecule has 17 heavy (non-hydrogen) atoms. The van der Waals surface area contributed by atoms with Gasteiger partial charge < -0.3 is 10.8 Å². The van der Waals surface area contributed by atoms with E-state index in [-0.39, 0.29) is 5.02 Å². The zero-order chi connectivity index (χ0) is 13.4. The Hall–Kier alpha value is -1.08. The quantitative estimate of drug-likeness (QED) is 0.814. The molecule has 0 aliphatic rings. The van der Waals surface area contributed by atoms with Gasteiger partial charge in [-0.3, -0.25) is 0 Å². The molecule has 0 radical (unpaired) electrons. The van der Waals surface area contributed by atoms with Crippen LogP contribution in [-0.4, -0.2) is 17.2 Å². The van der Waals surface area contributed by atoms with Gasteiger partial charge in [0.2, 0.25) is 0 Å². The van der Waals surface area contributed by atoms with Crippen molar-refractivity contribution in [2.45, 2.75) is 18.1 Å². The van der Waals surface area contributed by atoms with Crippen LogP contribution in [0.15, 0.2) is 18.2 Å². The van der Waals surface area contributed by atoms with Gasteiger partial charge in [-0.2, -0.15) is 22.0 Å². The Kier molecular flexibility index (Phi) is 3.54. The Labute approximate surface area is 97.8 Å². The van der Waals surface area contributed by atoms with Crippen LogP contribution in [0, 0.1) is 0 Å². The monoisotopic (exact) mass is 275 g/mol. The predicted molar refractivity (Wildman–Crippen MR) is 51.0 cm³/mol. The summed E-state index contributed by atoms with van der Waals surface area (Å²) >= 11 is 5.39. The van der Waals surface area contributed by atoms with Gasteiger partial charge in [-0.25, -0.2) is 0 Å². The van der Waals surface area contributed by atoms with Gasteiger partial charge in [0.25, 0.3) is 0 Å². The number of rotatable bonds is 2. The molecule has 0 saturated heterocycles. The molecule has 0 heterocycles. The van der Waals surface area contributed by atoms with Crippen LogP contribution in [0.1, 0.15) is 11.6 Å². The van der Waals surface area contributed by atoms with Crippen molar-refractivity contribution < 1.29 is 27.1 Å². The van der Waals surface area contributed by atoms with E-state index in [4.69, 9.17) is 17.3 Å². The molecule has 2 nitrogen and oxygen atoms in total. The van der Waals surface area contributed by atoms with Gasteiger partial charge in [-0.15, -0.1) is 0 Å². The van der Waals surface area contributed by atoms with Crippen LogP contribution in [0.4, 0.5) is 22.0 Å². The molecule has 1 rings (SSSR count). The van der Waals surface area contributed by atoms with E-state index in [0.29, 0.717) is 0 Å². The lowest BCUT2D eigenvalue weighted by Gasteiger charge is -2.26. The summed E-state index contributed by atoms with van der Waals surface area (Å²) in [6.45, 7) is 0. The van der Waals surface area contributed by atoms with E-state index < -0.39 is 29.5 Å². The summed E-state index contributed by atoms with van der Waals surface area (Å²) in [7, 11) is 0. The number of phenolic OH excluding ortho intramolecular Hbond substituents is 1. The SMILES string of the molecule is N[C@H](c1cccc(Cl)c1O)C(F)(F)C(F)(F)F. The summed E-state index contributed by atoms with van der Waals surface area (Å²) < 4.78 is 62.0. The Morgan fingerprint density at radius 2 is 1.71 bits per heavy atom. The lowest BCUT2D eigenvalue weighted by molar-refractivity contribution is -0.291. The van der Waals surface area contributed by atoms with E-state index in [1.54, 1.807) is 0 Å². The Bertz CT molecular complexity index is 420. The summed E-state index contributed by atoms with van der Waals surface area (Å²) in [5, 5.41) is 8.93. The normalized spacial score (nSPS) is 14.8. The highest BCUT2D eigenvalue weighted by atomic mass is 35.5. The lowest BCUT2D eigenvalue weighted by Crippen LogP contribution is -2.45. The molecule has 0 aromatic heterocycles. The minimum Gasteiger partial charge on any atom is -0.506 e. The minimum absolute atomic E-state index is 0.351. The largest absolute Gasteiger partial charge is 0.506 e. The second-order valence-corrected chi connectivity index (χ2v) is 3.68. The van der Waals surface area contributed by atoms with Crippen LogP contribution in [0.25, 0.3) is 0 Å². The van der Waals surface area contributed by atoms with Gasteiger partial charge in [0.05, 0.1) is 5.02 Å². The average molecular weight is 276 g/mol. The first-order chi connectivity index (χ1) is 7.59. The molecular weight excluding hydrogens is 269 g/mol. The van der Waals surface area contributed by atoms with Gasteiger partial charge in [-0.1, -0.05) is 23.7 Å². The van der Waals surface area contributed by atoms with E-state index in [1.807, 2.05) is 0 Å². The maximum absolute atomic E-state index is 12.9. The van der Waals surface area contributed by atoms with Crippen LogP contribution in [0.5, 0.6) is 5.75 Å². The van der Waals surface area contributed by atoms with Crippen molar-refractivity contribution in [3.05, 3.63) is 28.8 Å². The van der Waals surface area contributed by atoms with E-state index in [2.05, 4.69) is 0 Å². The third-order valence-electron chi connectivity index (χ3n) is 2.12. The lowest BCUT2D eigenvalue weighted by atomic mass is 10.00. The Morgan fingerprint density at radius 3 is 2.18 bits per heavy atom. The first kappa shape index (κ1) is 14.0. The highest BCUT2D eigenvalue weighted by molar-refractivity contribution is 6.32. The number of alkyl halides is 5. The van der Waals surface area contributed by atoms with E-state index >= 15 is 0 Å². The van der Waals surface area contributed by atoms with E-state index in [1.165, 1.54) is 0 Å². The standard InChI is InChI=1S/C9H7ClF5NO/c10-5-3-1-2-4(6(5)17)7(16)8(11,12)9(13,14)15/h1-3,7,17H,16H2/t7-/m1/s1. The predicted octanol–water partition coefficient (Wildman–Crippen LogP) is 3.24. The first-order valence-electron chi connectivity index (χ1n) is 4.26. The molecule has 0 unspecified atom stereocenters. The molecule has 3 N–H and O–H groups in total. The number of benzene rings is 1. The van der Waals surface area contributed by atoms with Crippen LogP contribution in [0.2, 0.25) is 5.02 Å². The molecular formula is C9H7ClF5NO. The summed E-state index contributed by atoms with van der Waals surface area (Å²) in [5.41, 5.74) is 4.08.